The van der Waals surface area contributed by atoms with E-state index < -0.39 is 5.97 Å². The van der Waals surface area contributed by atoms with Crippen molar-refractivity contribution in [3.8, 4) is 5.75 Å². The van der Waals surface area contributed by atoms with Gasteiger partial charge in [0.2, 0.25) is 5.78 Å². The van der Waals surface area contributed by atoms with Crippen molar-refractivity contribution in [3.05, 3.63) is 124 Å². The topological polar surface area (TPSA) is 75.6 Å². The molecular weight excluding hydrogens is 601 g/mol. The lowest BCUT2D eigenvalue weighted by Crippen LogP contribution is -2.27. The number of fused-ring (bicyclic) bond motifs is 5. The summed E-state index contributed by atoms with van der Waals surface area (Å²) in [6.45, 7) is 5.46. The highest BCUT2D eigenvalue weighted by molar-refractivity contribution is 8.04. The molecule has 3 aromatic carbocycles. The van der Waals surface area contributed by atoms with Crippen molar-refractivity contribution >= 4 is 68.7 Å². The van der Waals surface area contributed by atoms with Crippen molar-refractivity contribution in [2.24, 2.45) is 0 Å². The summed E-state index contributed by atoms with van der Waals surface area (Å²) in [4.78, 5) is 43.8. The van der Waals surface area contributed by atoms with Gasteiger partial charge in [0.15, 0.2) is 0 Å². The van der Waals surface area contributed by atoms with Crippen molar-refractivity contribution in [2.45, 2.75) is 23.6 Å². The Labute approximate surface area is 268 Å². The summed E-state index contributed by atoms with van der Waals surface area (Å²) >= 11 is 3.16. The van der Waals surface area contributed by atoms with E-state index >= 15 is 0 Å². The maximum Gasteiger partial charge on any atom is 0.348 e. The van der Waals surface area contributed by atoms with Crippen LogP contribution in [-0.2, 0) is 4.79 Å². The molecular formula is C36H26N4O3S2. The Kier molecular flexibility index (Phi) is 6.73. The fraction of sp³-hybridized carbons (Fsp3) is 0.111. The number of carbonyl (C=O) groups excluding carboxylic acids is 2. The van der Waals surface area contributed by atoms with Gasteiger partial charge in [-0.2, -0.15) is 0 Å². The number of hydrogen-bond donors (Lipinski definition) is 0. The van der Waals surface area contributed by atoms with Crippen LogP contribution in [0.3, 0.4) is 0 Å². The lowest BCUT2D eigenvalue weighted by Gasteiger charge is -2.21. The molecule has 0 unspecified atom stereocenters. The number of rotatable bonds is 4. The summed E-state index contributed by atoms with van der Waals surface area (Å²) in [5.74, 6) is 0.980. The number of ether oxygens (including phenoxy) is 1. The number of Topliss-reactive ketones (excluding diaryl/α,β-unsaturated/α-hetero) is 1. The van der Waals surface area contributed by atoms with Gasteiger partial charge in [-0.05, 0) is 68.0 Å². The normalized spacial score (nSPS) is 17.3. The number of carbonyl (C=O) groups is 2. The maximum absolute atomic E-state index is 14.0. The van der Waals surface area contributed by atoms with Crippen LogP contribution in [0.5, 0.6) is 5.75 Å². The molecule has 0 spiro atoms. The van der Waals surface area contributed by atoms with Gasteiger partial charge in [0.05, 0.1) is 36.4 Å². The first-order valence-corrected chi connectivity index (χ1v) is 16.4. The zero-order valence-electron chi connectivity index (χ0n) is 24.5. The van der Waals surface area contributed by atoms with Crippen LogP contribution < -0.4 is 14.5 Å². The van der Waals surface area contributed by atoms with Gasteiger partial charge < -0.3 is 14.5 Å². The summed E-state index contributed by atoms with van der Waals surface area (Å²) in [5, 5.41) is 3.87. The zero-order valence-corrected chi connectivity index (χ0v) is 26.1. The van der Waals surface area contributed by atoms with Crippen molar-refractivity contribution < 1.29 is 14.3 Å². The van der Waals surface area contributed by atoms with Gasteiger partial charge in [0.25, 0.3) is 0 Å². The number of ketones is 1. The molecule has 2 aromatic heterocycles. The van der Waals surface area contributed by atoms with Crippen molar-refractivity contribution in [3.63, 3.8) is 0 Å². The maximum atomic E-state index is 14.0. The fourth-order valence-corrected chi connectivity index (χ4v) is 8.24. The molecule has 8 rings (SSSR count). The number of nitrogens with zero attached hydrogens (tertiary/aromatic N) is 4. The number of para-hydroxylation sites is 3. The first kappa shape index (κ1) is 27.7. The Morgan fingerprint density at radius 1 is 0.733 bits per heavy atom. The van der Waals surface area contributed by atoms with Crippen LogP contribution in [0.25, 0.3) is 21.8 Å². The smallest absolute Gasteiger partial charge is 0.348 e. The standard InChI is InChI=1S/C36H26N4O3S2/c1-3-39-30(44-28-17-21-11-5-8-14-25(21)37-34(28)39)19-23(32-33(41)24-13-7-10-16-27(24)43-36(32)42)20-31-40(4-2)35-29(45-31)18-22-12-6-9-15-26(22)38-35/h5-20H,3-4H2,1-2H3. The third-order valence-electron chi connectivity index (χ3n) is 8.06. The van der Waals surface area contributed by atoms with Gasteiger partial charge >= 0.3 is 5.97 Å². The number of esters is 1. The molecule has 0 fully saturated rings. The van der Waals surface area contributed by atoms with E-state index in [1.54, 1.807) is 47.8 Å². The number of hydrogen-bond acceptors (Lipinski definition) is 9. The van der Waals surface area contributed by atoms with Crippen molar-refractivity contribution in [1.29, 1.82) is 0 Å². The van der Waals surface area contributed by atoms with E-state index in [9.17, 15) is 9.59 Å². The third kappa shape index (κ3) is 4.62. The molecule has 0 N–H and O–H groups in total. The van der Waals surface area contributed by atoms with E-state index in [0.717, 1.165) is 53.3 Å². The van der Waals surface area contributed by atoms with Gasteiger partial charge in [-0.1, -0.05) is 72.1 Å². The van der Waals surface area contributed by atoms with Crippen LogP contribution in [0.4, 0.5) is 11.6 Å². The van der Waals surface area contributed by atoms with Crippen LogP contribution in [0.2, 0.25) is 0 Å². The van der Waals surface area contributed by atoms with E-state index in [0.29, 0.717) is 24.2 Å². The summed E-state index contributed by atoms with van der Waals surface area (Å²) in [7, 11) is 0. The molecule has 0 bridgehead atoms. The molecule has 0 amide bonds. The van der Waals surface area contributed by atoms with E-state index in [1.807, 2.05) is 48.6 Å². The van der Waals surface area contributed by atoms with E-state index in [2.05, 4.69) is 47.9 Å². The minimum Gasteiger partial charge on any atom is -0.422 e. The van der Waals surface area contributed by atoms with Gasteiger partial charge in [-0.15, -0.1) is 0 Å². The molecule has 0 radical (unpaired) electrons. The minimum absolute atomic E-state index is 0.00478. The lowest BCUT2D eigenvalue weighted by atomic mass is 9.95. The highest BCUT2D eigenvalue weighted by atomic mass is 32.2. The van der Waals surface area contributed by atoms with Crippen molar-refractivity contribution in [1.82, 2.24) is 9.97 Å². The number of allylic oxidation sites excluding steroid dienone is 3. The van der Waals surface area contributed by atoms with Crippen LogP contribution in [-0.4, -0.2) is 34.8 Å². The summed E-state index contributed by atoms with van der Waals surface area (Å²) < 4.78 is 5.72. The number of anilines is 2. The Morgan fingerprint density at radius 2 is 1.24 bits per heavy atom. The first-order valence-electron chi connectivity index (χ1n) is 14.8. The van der Waals surface area contributed by atoms with E-state index in [1.165, 1.54) is 0 Å². The molecule has 5 heterocycles. The lowest BCUT2D eigenvalue weighted by molar-refractivity contribution is -0.130. The average Bonchev–Trinajstić information content (AvgIpc) is 3.57. The SMILES string of the molecule is CCN1C(=CC(C=C2Sc3cc4ccccc4nc3N2CC)=C2C(=O)Oc3ccccc3C2=O)Sc2cc3ccccc3nc21. The first-order chi connectivity index (χ1) is 22.0. The second kappa shape index (κ2) is 10.9. The van der Waals surface area contributed by atoms with Crippen LogP contribution >= 0.6 is 23.5 Å². The Balaban J connectivity index is 1.30. The van der Waals surface area contributed by atoms with Gasteiger partial charge in [-0.25, -0.2) is 14.8 Å². The second-order valence-electron chi connectivity index (χ2n) is 10.7. The molecule has 220 valence electrons. The molecule has 5 aromatic rings. The molecule has 0 atom stereocenters. The monoisotopic (exact) mass is 626 g/mol. The minimum atomic E-state index is -0.665. The summed E-state index contributed by atoms with van der Waals surface area (Å²) in [6, 6.07) is 27.3. The fourth-order valence-electron chi connectivity index (χ4n) is 5.90. The zero-order chi connectivity index (χ0) is 30.7. The van der Waals surface area contributed by atoms with Crippen LogP contribution in [0.15, 0.2) is 128 Å². The van der Waals surface area contributed by atoms with Crippen molar-refractivity contribution in [2.75, 3.05) is 22.9 Å². The van der Waals surface area contributed by atoms with Gasteiger partial charge in [0.1, 0.15) is 23.0 Å². The second-order valence-corrected chi connectivity index (χ2v) is 12.8. The number of pyridine rings is 2. The van der Waals surface area contributed by atoms with Gasteiger partial charge in [-0.3, -0.25) is 4.79 Å². The molecule has 7 nitrogen and oxygen atoms in total. The van der Waals surface area contributed by atoms with E-state index in [4.69, 9.17) is 14.7 Å². The molecule has 0 saturated carbocycles. The third-order valence-corrected chi connectivity index (χ3v) is 10.2. The highest BCUT2D eigenvalue weighted by Crippen LogP contribution is 2.49. The number of benzene rings is 3. The predicted molar refractivity (Wildman–Crippen MR) is 181 cm³/mol. The van der Waals surface area contributed by atoms with Crippen LogP contribution in [0, 0.1) is 0 Å². The molecule has 0 saturated heterocycles. The largest absolute Gasteiger partial charge is 0.422 e. The van der Waals surface area contributed by atoms with Gasteiger partial charge in [0, 0.05) is 23.9 Å². The number of aromatic nitrogens is 2. The molecule has 0 aliphatic carbocycles. The highest BCUT2D eigenvalue weighted by Gasteiger charge is 2.35. The molecule has 45 heavy (non-hydrogen) atoms. The Hall–Kier alpha value is -4.86. The Bertz CT molecular complexity index is 2080. The number of thioether (sulfide) groups is 2. The van der Waals surface area contributed by atoms with E-state index in [-0.39, 0.29) is 17.1 Å². The molecule has 9 heteroatoms. The summed E-state index contributed by atoms with van der Waals surface area (Å²) in [5.41, 5.74) is 2.69. The molecule has 3 aliphatic rings. The average molecular weight is 627 g/mol. The molecule has 3 aliphatic heterocycles. The van der Waals surface area contributed by atoms with Crippen LogP contribution in [0.1, 0.15) is 24.2 Å². The summed E-state index contributed by atoms with van der Waals surface area (Å²) in [6.07, 6.45) is 3.86. The quantitative estimate of drug-likeness (QED) is 0.0851. The predicted octanol–water partition coefficient (Wildman–Crippen LogP) is 8.13. The Morgan fingerprint density at radius 3 is 1.80 bits per heavy atom.